The summed E-state index contributed by atoms with van der Waals surface area (Å²) >= 11 is 0. The van der Waals surface area contributed by atoms with Crippen LogP contribution in [0.15, 0.2) is 22.8 Å². The highest BCUT2D eigenvalue weighted by molar-refractivity contribution is 5.81. The van der Waals surface area contributed by atoms with Gasteiger partial charge in [0.1, 0.15) is 5.76 Å². The first-order chi connectivity index (χ1) is 8.77. The number of rotatable bonds is 5. The van der Waals surface area contributed by atoms with Crippen molar-refractivity contribution in [3.63, 3.8) is 0 Å². The minimum Gasteiger partial charge on any atom is -0.469 e. The van der Waals surface area contributed by atoms with Crippen LogP contribution in [-0.4, -0.2) is 49.7 Å². The van der Waals surface area contributed by atoms with Gasteiger partial charge in [0.15, 0.2) is 0 Å². The van der Waals surface area contributed by atoms with E-state index >= 15 is 0 Å². The lowest BCUT2D eigenvalue weighted by Crippen LogP contribution is -2.49. The highest BCUT2D eigenvalue weighted by Gasteiger charge is 2.21. The van der Waals surface area contributed by atoms with E-state index < -0.39 is 0 Å². The van der Waals surface area contributed by atoms with Crippen molar-refractivity contribution in [3.05, 3.63) is 24.2 Å². The van der Waals surface area contributed by atoms with E-state index in [1.165, 1.54) is 0 Å². The van der Waals surface area contributed by atoms with Crippen LogP contribution in [0.25, 0.3) is 0 Å². The molecule has 2 rings (SSSR count). The summed E-state index contributed by atoms with van der Waals surface area (Å²) in [5.74, 6) is 1.09. The van der Waals surface area contributed by atoms with Gasteiger partial charge in [-0.25, -0.2) is 0 Å². The van der Waals surface area contributed by atoms with E-state index in [1.807, 2.05) is 24.0 Å². The summed E-state index contributed by atoms with van der Waals surface area (Å²) in [4.78, 5) is 13.9. The summed E-state index contributed by atoms with van der Waals surface area (Å²) in [6, 6.07) is 3.66. The van der Waals surface area contributed by atoms with Gasteiger partial charge < -0.3 is 19.4 Å². The van der Waals surface area contributed by atoms with Crippen LogP contribution < -0.4 is 5.32 Å². The number of hydrogen-bond acceptors (Lipinski definition) is 4. The number of ether oxygens (including phenoxy) is 1. The van der Waals surface area contributed by atoms with Gasteiger partial charge in [0.2, 0.25) is 5.91 Å². The first-order valence-electron chi connectivity index (χ1n) is 6.39. The maximum Gasteiger partial charge on any atom is 0.239 e. The fraction of sp³-hybridized carbons (Fsp3) is 0.615. The molecule has 1 aromatic heterocycles. The second-order valence-corrected chi connectivity index (χ2v) is 4.44. The van der Waals surface area contributed by atoms with Gasteiger partial charge in [-0.3, -0.25) is 4.79 Å². The van der Waals surface area contributed by atoms with Crippen molar-refractivity contribution >= 4 is 5.91 Å². The molecule has 0 spiro atoms. The molecule has 5 heteroatoms. The number of morpholine rings is 1. The molecular weight excluding hydrogens is 232 g/mol. The Bertz CT molecular complexity index is 358. The molecule has 5 nitrogen and oxygen atoms in total. The number of furan rings is 1. The molecule has 0 radical (unpaired) electrons. The predicted octanol–water partition coefficient (Wildman–Crippen LogP) is 0.659. The van der Waals surface area contributed by atoms with Crippen LogP contribution in [0, 0.1) is 0 Å². The van der Waals surface area contributed by atoms with Crippen LogP contribution in [0.1, 0.15) is 12.7 Å². The molecule has 1 aliphatic rings. The number of amides is 1. The lowest BCUT2D eigenvalue weighted by molar-refractivity contribution is -0.137. The molecule has 18 heavy (non-hydrogen) atoms. The van der Waals surface area contributed by atoms with Gasteiger partial charge in [-0.05, 0) is 19.1 Å². The summed E-state index contributed by atoms with van der Waals surface area (Å²) in [5.41, 5.74) is 0. The molecule has 0 bridgehead atoms. The van der Waals surface area contributed by atoms with Crippen LogP contribution in [0.4, 0.5) is 0 Å². The zero-order valence-corrected chi connectivity index (χ0v) is 10.7. The van der Waals surface area contributed by atoms with Crippen LogP contribution >= 0.6 is 0 Å². The Morgan fingerprint density at radius 2 is 2.28 bits per heavy atom. The van der Waals surface area contributed by atoms with Crippen molar-refractivity contribution in [2.45, 2.75) is 19.4 Å². The standard InChI is InChI=1S/C13H20N2O3/c1-11(13(16)15-6-9-17-10-7-15)14-5-4-12-3-2-8-18-12/h2-3,8,11,14H,4-7,9-10H2,1H3. The Morgan fingerprint density at radius 3 is 2.94 bits per heavy atom. The second kappa shape index (κ2) is 6.56. The van der Waals surface area contributed by atoms with Gasteiger partial charge in [0.25, 0.3) is 0 Å². The molecule has 1 unspecified atom stereocenters. The third kappa shape index (κ3) is 3.58. The Labute approximate surface area is 107 Å². The van der Waals surface area contributed by atoms with Gasteiger partial charge in [-0.15, -0.1) is 0 Å². The molecule has 1 N–H and O–H groups in total. The van der Waals surface area contributed by atoms with E-state index in [0.717, 1.165) is 18.7 Å². The topological polar surface area (TPSA) is 54.7 Å². The normalized spacial score (nSPS) is 17.7. The third-order valence-electron chi connectivity index (χ3n) is 3.10. The SMILES string of the molecule is CC(NCCc1ccco1)C(=O)N1CCOCC1. The fourth-order valence-electron chi connectivity index (χ4n) is 2.01. The Balaban J connectivity index is 1.70. The van der Waals surface area contributed by atoms with Crippen LogP contribution in [0.5, 0.6) is 0 Å². The molecule has 1 saturated heterocycles. The van der Waals surface area contributed by atoms with Gasteiger partial charge in [-0.1, -0.05) is 0 Å². The van der Waals surface area contributed by atoms with Gasteiger partial charge in [0, 0.05) is 26.1 Å². The molecular formula is C13H20N2O3. The van der Waals surface area contributed by atoms with E-state index in [2.05, 4.69) is 5.32 Å². The Morgan fingerprint density at radius 1 is 1.50 bits per heavy atom. The molecule has 0 saturated carbocycles. The van der Waals surface area contributed by atoms with Crippen LogP contribution in [0.2, 0.25) is 0 Å². The molecule has 2 heterocycles. The van der Waals surface area contributed by atoms with Crippen molar-refractivity contribution in [1.29, 1.82) is 0 Å². The van der Waals surface area contributed by atoms with E-state index in [0.29, 0.717) is 26.3 Å². The molecule has 1 aromatic rings. The number of nitrogens with zero attached hydrogens (tertiary/aromatic N) is 1. The lowest BCUT2D eigenvalue weighted by atomic mass is 10.2. The number of carbonyl (C=O) groups is 1. The lowest BCUT2D eigenvalue weighted by Gasteiger charge is -2.29. The third-order valence-corrected chi connectivity index (χ3v) is 3.10. The fourth-order valence-corrected chi connectivity index (χ4v) is 2.01. The monoisotopic (exact) mass is 252 g/mol. The van der Waals surface area contributed by atoms with Crippen molar-refractivity contribution in [3.8, 4) is 0 Å². The molecule has 1 aliphatic heterocycles. The molecule has 1 atom stereocenters. The average molecular weight is 252 g/mol. The average Bonchev–Trinajstić information content (AvgIpc) is 2.92. The van der Waals surface area contributed by atoms with Gasteiger partial charge in [-0.2, -0.15) is 0 Å². The van der Waals surface area contributed by atoms with Crippen molar-refractivity contribution in [2.24, 2.45) is 0 Å². The van der Waals surface area contributed by atoms with Gasteiger partial charge in [0.05, 0.1) is 25.5 Å². The maximum atomic E-state index is 12.1. The van der Waals surface area contributed by atoms with Crippen molar-refractivity contribution < 1.29 is 13.9 Å². The van der Waals surface area contributed by atoms with E-state index in [9.17, 15) is 4.79 Å². The Kier molecular flexibility index (Phi) is 4.78. The molecule has 0 aromatic carbocycles. The van der Waals surface area contributed by atoms with Crippen LogP contribution in [0.3, 0.4) is 0 Å². The second-order valence-electron chi connectivity index (χ2n) is 4.44. The van der Waals surface area contributed by atoms with Gasteiger partial charge >= 0.3 is 0 Å². The highest BCUT2D eigenvalue weighted by Crippen LogP contribution is 2.02. The number of carbonyl (C=O) groups excluding carboxylic acids is 1. The van der Waals surface area contributed by atoms with E-state index in [-0.39, 0.29) is 11.9 Å². The van der Waals surface area contributed by atoms with Crippen molar-refractivity contribution in [2.75, 3.05) is 32.8 Å². The zero-order chi connectivity index (χ0) is 12.8. The largest absolute Gasteiger partial charge is 0.469 e. The first kappa shape index (κ1) is 13.1. The summed E-state index contributed by atoms with van der Waals surface area (Å²) in [6.07, 6.45) is 2.46. The molecule has 0 aliphatic carbocycles. The summed E-state index contributed by atoms with van der Waals surface area (Å²) in [6.45, 7) is 5.33. The minimum absolute atomic E-state index is 0.151. The van der Waals surface area contributed by atoms with Crippen molar-refractivity contribution in [1.82, 2.24) is 10.2 Å². The van der Waals surface area contributed by atoms with E-state index in [4.69, 9.17) is 9.15 Å². The highest BCUT2D eigenvalue weighted by atomic mass is 16.5. The maximum absolute atomic E-state index is 12.1. The number of hydrogen-bond donors (Lipinski definition) is 1. The minimum atomic E-state index is -0.155. The summed E-state index contributed by atoms with van der Waals surface area (Å²) in [5, 5.41) is 3.23. The predicted molar refractivity (Wildman–Crippen MR) is 67.3 cm³/mol. The summed E-state index contributed by atoms with van der Waals surface area (Å²) < 4.78 is 10.5. The zero-order valence-electron chi connectivity index (χ0n) is 10.7. The molecule has 100 valence electrons. The Hall–Kier alpha value is -1.33. The number of nitrogens with one attached hydrogen (secondary N) is 1. The van der Waals surface area contributed by atoms with Crippen LogP contribution in [-0.2, 0) is 16.0 Å². The first-order valence-corrected chi connectivity index (χ1v) is 6.39. The quantitative estimate of drug-likeness (QED) is 0.836. The van der Waals surface area contributed by atoms with E-state index in [1.54, 1.807) is 6.26 Å². The smallest absolute Gasteiger partial charge is 0.239 e. The molecule has 1 amide bonds. The summed E-state index contributed by atoms with van der Waals surface area (Å²) in [7, 11) is 0. The molecule has 1 fully saturated rings.